The summed E-state index contributed by atoms with van der Waals surface area (Å²) in [5.74, 6) is -3.35. The van der Waals surface area contributed by atoms with Crippen LogP contribution in [0.3, 0.4) is 0 Å². The van der Waals surface area contributed by atoms with Crippen LogP contribution in [0.1, 0.15) is 30.4 Å². The summed E-state index contributed by atoms with van der Waals surface area (Å²) in [6.07, 6.45) is 1.48. The minimum absolute atomic E-state index is 0.0133. The molecule has 40 heavy (non-hydrogen) atoms. The van der Waals surface area contributed by atoms with E-state index in [9.17, 15) is 34.5 Å². The Kier molecular flexibility index (Phi) is 13.2. The average molecular weight is 576 g/mol. The van der Waals surface area contributed by atoms with Gasteiger partial charge in [0.25, 0.3) is 0 Å². The molecule has 0 fully saturated rings. The van der Waals surface area contributed by atoms with E-state index in [0.29, 0.717) is 30.5 Å². The summed E-state index contributed by atoms with van der Waals surface area (Å²) in [7, 11) is 0. The summed E-state index contributed by atoms with van der Waals surface area (Å²) in [5.41, 5.74) is 13.0. The van der Waals surface area contributed by atoms with Crippen molar-refractivity contribution >= 4 is 36.3 Å². The maximum Gasteiger partial charge on any atom is 0.327 e. The number of phenolic OH excluding ortho intramolecular Hbond substituents is 2. The second-order valence-electron chi connectivity index (χ2n) is 9.34. The van der Waals surface area contributed by atoms with E-state index in [1.165, 1.54) is 24.3 Å². The predicted octanol–water partition coefficient (Wildman–Crippen LogP) is -0.192. The van der Waals surface area contributed by atoms with Crippen LogP contribution in [0.2, 0.25) is 0 Å². The zero-order chi connectivity index (χ0) is 29.7. The van der Waals surface area contributed by atoms with Crippen LogP contribution in [0.15, 0.2) is 48.5 Å². The third-order valence-corrected chi connectivity index (χ3v) is 6.48. The summed E-state index contributed by atoms with van der Waals surface area (Å²) >= 11 is 3.96. The van der Waals surface area contributed by atoms with E-state index in [2.05, 4.69) is 28.6 Å². The number of carbonyl (C=O) groups excluding carboxylic acids is 3. The van der Waals surface area contributed by atoms with Crippen molar-refractivity contribution in [2.24, 2.45) is 11.5 Å². The van der Waals surface area contributed by atoms with Crippen molar-refractivity contribution in [3.63, 3.8) is 0 Å². The van der Waals surface area contributed by atoms with Crippen LogP contribution >= 0.6 is 12.6 Å². The van der Waals surface area contributed by atoms with Gasteiger partial charge in [0.05, 0.1) is 6.04 Å². The molecule has 0 aliphatic rings. The van der Waals surface area contributed by atoms with Gasteiger partial charge in [0.1, 0.15) is 29.6 Å². The topological polar surface area (TPSA) is 217 Å². The number of amides is 3. The van der Waals surface area contributed by atoms with Crippen molar-refractivity contribution in [1.29, 1.82) is 0 Å². The smallest absolute Gasteiger partial charge is 0.327 e. The largest absolute Gasteiger partial charge is 0.508 e. The van der Waals surface area contributed by atoms with Gasteiger partial charge in [-0.2, -0.15) is 12.6 Å². The predicted molar refractivity (Wildman–Crippen MR) is 152 cm³/mol. The van der Waals surface area contributed by atoms with Crippen molar-refractivity contribution in [3.8, 4) is 11.5 Å². The van der Waals surface area contributed by atoms with E-state index < -0.39 is 47.9 Å². The quantitative estimate of drug-likeness (QED) is 0.0955. The number of carbonyl (C=O) groups is 4. The number of thiol groups is 1. The van der Waals surface area contributed by atoms with Gasteiger partial charge in [-0.05, 0) is 67.6 Å². The van der Waals surface area contributed by atoms with Gasteiger partial charge in [0.2, 0.25) is 17.7 Å². The molecular weight excluding hydrogens is 538 g/mol. The Labute approximate surface area is 237 Å². The van der Waals surface area contributed by atoms with Crippen LogP contribution in [-0.2, 0) is 32.0 Å². The number of rotatable bonds is 16. The first-order valence-electron chi connectivity index (χ1n) is 12.8. The number of nitrogens with one attached hydrogen (secondary N) is 3. The maximum absolute atomic E-state index is 13.4. The highest BCUT2D eigenvalue weighted by Crippen LogP contribution is 2.13. The third-order valence-electron chi connectivity index (χ3n) is 6.11. The standard InChI is InChI=1S/C27H37N5O7S/c28-12-2-1-3-21(30-24(35)20(29)13-16-4-8-18(33)9-5-16)25(36)31-22(14-17-6-10-19(34)11-7-17)26(37)32-23(15-40)27(38)39/h4-11,20-23,33-34,40H,1-3,12-15,28-29H2,(H,30,35)(H,31,36)(H,32,37)(H,38,39). The van der Waals surface area contributed by atoms with E-state index in [1.807, 2.05) is 0 Å². The molecule has 2 rings (SSSR count). The highest BCUT2D eigenvalue weighted by Gasteiger charge is 2.30. The Morgan fingerprint density at radius 2 is 1.20 bits per heavy atom. The van der Waals surface area contributed by atoms with E-state index in [4.69, 9.17) is 11.5 Å². The number of carboxylic acids is 1. The second kappa shape index (κ2) is 16.3. The van der Waals surface area contributed by atoms with E-state index >= 15 is 0 Å². The molecule has 2 aromatic carbocycles. The summed E-state index contributed by atoms with van der Waals surface area (Å²) in [6, 6.07) is 7.69. The van der Waals surface area contributed by atoms with Crippen LogP contribution in [0.25, 0.3) is 0 Å². The number of unbranched alkanes of at least 4 members (excludes halogenated alkanes) is 1. The molecule has 0 aliphatic carbocycles. The van der Waals surface area contributed by atoms with Gasteiger partial charge in [-0.1, -0.05) is 24.3 Å². The van der Waals surface area contributed by atoms with E-state index in [-0.39, 0.29) is 36.5 Å². The first-order valence-corrected chi connectivity index (χ1v) is 13.4. The van der Waals surface area contributed by atoms with Gasteiger partial charge in [0, 0.05) is 12.2 Å². The lowest BCUT2D eigenvalue weighted by atomic mass is 10.0. The van der Waals surface area contributed by atoms with Crippen LogP contribution in [0.5, 0.6) is 11.5 Å². The maximum atomic E-state index is 13.4. The average Bonchev–Trinajstić information content (AvgIpc) is 2.92. The molecular formula is C27H37N5O7S. The van der Waals surface area contributed by atoms with E-state index in [0.717, 1.165) is 0 Å². The first-order chi connectivity index (χ1) is 19.0. The minimum atomic E-state index is -1.28. The number of phenols is 2. The summed E-state index contributed by atoms with van der Waals surface area (Å²) in [5, 5.41) is 36.0. The van der Waals surface area contributed by atoms with Gasteiger partial charge in [0.15, 0.2) is 0 Å². The Morgan fingerprint density at radius 3 is 1.70 bits per heavy atom. The Morgan fingerprint density at radius 1 is 0.725 bits per heavy atom. The number of nitrogens with two attached hydrogens (primary N) is 2. The Bertz CT molecular complexity index is 1130. The molecule has 13 heteroatoms. The van der Waals surface area contributed by atoms with Gasteiger partial charge in [-0.25, -0.2) is 4.79 Å². The lowest BCUT2D eigenvalue weighted by molar-refractivity contribution is -0.141. The summed E-state index contributed by atoms with van der Waals surface area (Å²) in [6.45, 7) is 0.384. The number of aliphatic carboxylic acids is 1. The van der Waals surface area contributed by atoms with Crippen molar-refractivity contribution < 1.29 is 34.5 Å². The molecule has 0 heterocycles. The zero-order valence-corrected chi connectivity index (χ0v) is 22.8. The molecule has 0 spiro atoms. The van der Waals surface area contributed by atoms with Gasteiger partial charge >= 0.3 is 5.97 Å². The highest BCUT2D eigenvalue weighted by atomic mass is 32.1. The van der Waals surface area contributed by atoms with E-state index in [1.54, 1.807) is 24.3 Å². The first kappa shape index (κ1) is 32.4. The number of aromatic hydroxyl groups is 2. The normalized spacial score (nSPS) is 13.9. The molecule has 218 valence electrons. The fourth-order valence-corrected chi connectivity index (χ4v) is 4.07. The molecule has 10 N–H and O–H groups in total. The molecule has 3 amide bonds. The molecule has 12 nitrogen and oxygen atoms in total. The third kappa shape index (κ3) is 10.8. The molecule has 0 aliphatic heterocycles. The molecule has 0 saturated carbocycles. The number of hydrogen-bond donors (Lipinski definition) is 9. The molecule has 0 bridgehead atoms. The van der Waals surface area contributed by atoms with Crippen LogP contribution in [-0.4, -0.2) is 75.5 Å². The molecule has 0 radical (unpaired) electrons. The molecule has 0 aromatic heterocycles. The van der Waals surface area contributed by atoms with Gasteiger partial charge in [-0.15, -0.1) is 0 Å². The second-order valence-corrected chi connectivity index (χ2v) is 9.70. The molecule has 4 unspecified atom stereocenters. The van der Waals surface area contributed by atoms with Crippen LogP contribution < -0.4 is 27.4 Å². The van der Waals surface area contributed by atoms with Crippen molar-refractivity contribution in [2.45, 2.75) is 56.3 Å². The highest BCUT2D eigenvalue weighted by molar-refractivity contribution is 7.80. The lowest BCUT2D eigenvalue weighted by Gasteiger charge is -2.25. The fourth-order valence-electron chi connectivity index (χ4n) is 3.83. The van der Waals surface area contributed by atoms with Gasteiger partial charge in [-0.3, -0.25) is 14.4 Å². The molecule has 4 atom stereocenters. The monoisotopic (exact) mass is 575 g/mol. The van der Waals surface area contributed by atoms with Crippen LogP contribution in [0.4, 0.5) is 0 Å². The van der Waals surface area contributed by atoms with Gasteiger partial charge < -0.3 is 42.7 Å². The summed E-state index contributed by atoms with van der Waals surface area (Å²) < 4.78 is 0. The minimum Gasteiger partial charge on any atom is -0.508 e. The number of benzene rings is 2. The Balaban J connectivity index is 2.20. The molecule has 0 saturated heterocycles. The zero-order valence-electron chi connectivity index (χ0n) is 22.0. The summed E-state index contributed by atoms with van der Waals surface area (Å²) in [4.78, 5) is 50.7. The SMILES string of the molecule is NCCCCC(NC(=O)C(N)Cc1ccc(O)cc1)C(=O)NC(Cc1ccc(O)cc1)C(=O)NC(CS)C(=O)O. The molecule has 2 aromatic rings. The number of hydrogen-bond acceptors (Lipinski definition) is 9. The van der Waals surface area contributed by atoms with Crippen molar-refractivity contribution in [3.05, 3.63) is 59.7 Å². The van der Waals surface area contributed by atoms with Crippen molar-refractivity contribution in [1.82, 2.24) is 16.0 Å². The van der Waals surface area contributed by atoms with Crippen LogP contribution in [0, 0.1) is 0 Å². The lowest BCUT2D eigenvalue weighted by Crippen LogP contribution is -2.58. The Hall–Kier alpha value is -3.81. The number of carboxylic acid groups (broad SMARTS) is 1. The van der Waals surface area contributed by atoms with Crippen molar-refractivity contribution in [2.75, 3.05) is 12.3 Å². The fraction of sp³-hybridized carbons (Fsp3) is 0.407.